The molecule has 0 saturated carbocycles. The molecule has 0 N–H and O–H groups in total. The van der Waals surface area contributed by atoms with Gasteiger partial charge in [-0.25, -0.2) is 4.79 Å². The molecule has 0 aliphatic carbocycles. The van der Waals surface area contributed by atoms with Crippen molar-refractivity contribution in [3.05, 3.63) is 0 Å². The highest BCUT2D eigenvalue weighted by atomic mass is 16.7. The second kappa shape index (κ2) is 22.5. The van der Waals surface area contributed by atoms with Gasteiger partial charge in [0, 0.05) is 13.5 Å². The Hall–Kier alpha value is -1.18. The number of methoxy groups -OCH3 is 1. The number of carbonyl (C=O) groups is 2. The molecule has 0 bridgehead atoms. The first-order valence-corrected chi connectivity index (χ1v) is 11.7. The van der Waals surface area contributed by atoms with E-state index in [1.165, 1.54) is 25.7 Å². The molecule has 0 aliphatic heterocycles. The van der Waals surface area contributed by atoms with Crippen LogP contribution in [0.3, 0.4) is 0 Å². The summed E-state index contributed by atoms with van der Waals surface area (Å²) < 4.78 is 25.5. The van der Waals surface area contributed by atoms with Crippen LogP contribution in [0.25, 0.3) is 0 Å². The van der Waals surface area contributed by atoms with Crippen LogP contribution in [0.15, 0.2) is 0 Å². The Kier molecular flexibility index (Phi) is 21.6. The molecular formula is C23H44O7. The lowest BCUT2D eigenvalue weighted by atomic mass is 10.0. The third-order valence-electron chi connectivity index (χ3n) is 4.81. The summed E-state index contributed by atoms with van der Waals surface area (Å²) in [6.07, 6.45) is 13.0. The Balaban J connectivity index is 3.76. The van der Waals surface area contributed by atoms with Crippen LogP contribution >= 0.6 is 0 Å². The second-order valence-corrected chi connectivity index (χ2v) is 7.47. The zero-order valence-corrected chi connectivity index (χ0v) is 19.5. The third-order valence-corrected chi connectivity index (χ3v) is 4.81. The highest BCUT2D eigenvalue weighted by Crippen LogP contribution is 2.16. The van der Waals surface area contributed by atoms with Crippen LogP contribution in [0.4, 0.5) is 4.79 Å². The van der Waals surface area contributed by atoms with Gasteiger partial charge < -0.3 is 23.7 Å². The van der Waals surface area contributed by atoms with Crippen molar-refractivity contribution in [2.75, 3.05) is 33.7 Å². The van der Waals surface area contributed by atoms with Gasteiger partial charge in [0.2, 0.25) is 0 Å². The minimum atomic E-state index is -0.905. The van der Waals surface area contributed by atoms with E-state index in [0.29, 0.717) is 20.0 Å². The average molecular weight is 433 g/mol. The zero-order chi connectivity index (χ0) is 22.3. The van der Waals surface area contributed by atoms with Crippen LogP contribution in [0.1, 0.15) is 97.3 Å². The predicted octanol–water partition coefficient (Wildman–Crippen LogP) is 5.78. The highest BCUT2D eigenvalue weighted by Gasteiger charge is 2.11. The Morgan fingerprint density at radius 1 is 0.800 bits per heavy atom. The van der Waals surface area contributed by atoms with Crippen molar-refractivity contribution in [1.82, 2.24) is 0 Å². The van der Waals surface area contributed by atoms with Crippen molar-refractivity contribution in [3.63, 3.8) is 0 Å². The van der Waals surface area contributed by atoms with E-state index >= 15 is 0 Å². The van der Waals surface area contributed by atoms with E-state index in [2.05, 4.69) is 16.4 Å². The number of hydrogen-bond donors (Lipinski definition) is 0. The molecule has 178 valence electrons. The minimum Gasteiger partial charge on any atom is -0.434 e. The molecule has 0 aliphatic rings. The number of esters is 1. The van der Waals surface area contributed by atoms with Gasteiger partial charge in [-0.05, 0) is 26.2 Å². The summed E-state index contributed by atoms with van der Waals surface area (Å²) >= 11 is 0. The molecule has 0 aromatic heterocycles. The summed E-state index contributed by atoms with van der Waals surface area (Å²) in [4.78, 5) is 22.5. The van der Waals surface area contributed by atoms with Gasteiger partial charge >= 0.3 is 12.1 Å². The van der Waals surface area contributed by atoms with Crippen LogP contribution < -0.4 is 0 Å². The Bertz CT molecular complexity index is 401. The van der Waals surface area contributed by atoms with E-state index in [4.69, 9.17) is 14.2 Å². The molecule has 0 fully saturated rings. The van der Waals surface area contributed by atoms with Crippen molar-refractivity contribution in [1.29, 1.82) is 0 Å². The van der Waals surface area contributed by atoms with Gasteiger partial charge in [0.25, 0.3) is 0 Å². The van der Waals surface area contributed by atoms with Gasteiger partial charge in [-0.3, -0.25) is 4.79 Å². The fourth-order valence-corrected chi connectivity index (χ4v) is 3.10. The molecule has 0 radical (unpaired) electrons. The molecule has 0 saturated heterocycles. The first-order valence-electron chi connectivity index (χ1n) is 11.7. The molecule has 1 unspecified atom stereocenters. The molecule has 0 spiro atoms. The molecule has 0 aromatic carbocycles. The van der Waals surface area contributed by atoms with Gasteiger partial charge in [0.05, 0.1) is 25.9 Å². The van der Waals surface area contributed by atoms with Crippen LogP contribution in [-0.4, -0.2) is 52.0 Å². The van der Waals surface area contributed by atoms with E-state index in [-0.39, 0.29) is 19.1 Å². The second-order valence-electron chi connectivity index (χ2n) is 7.47. The molecule has 0 rings (SSSR count). The number of hydrogen-bond acceptors (Lipinski definition) is 7. The maximum atomic E-state index is 11.5. The SMILES string of the molecule is CCCCCCC(CCCCCCCCC(=O)OC(=O)OCC)OCOCCOC. The van der Waals surface area contributed by atoms with E-state index in [9.17, 15) is 9.59 Å². The van der Waals surface area contributed by atoms with E-state index in [1.807, 2.05) is 0 Å². The minimum absolute atomic E-state index is 0.206. The maximum Gasteiger partial charge on any atom is 0.516 e. The van der Waals surface area contributed by atoms with E-state index < -0.39 is 12.1 Å². The molecule has 0 amide bonds. The zero-order valence-electron chi connectivity index (χ0n) is 19.5. The summed E-state index contributed by atoms with van der Waals surface area (Å²) in [5.41, 5.74) is 0. The van der Waals surface area contributed by atoms with Crippen LogP contribution in [0.5, 0.6) is 0 Å². The quantitative estimate of drug-likeness (QED) is 0.0983. The van der Waals surface area contributed by atoms with E-state index in [0.717, 1.165) is 51.4 Å². The average Bonchev–Trinajstić information content (AvgIpc) is 2.72. The number of rotatable bonds is 21. The Morgan fingerprint density at radius 3 is 2.07 bits per heavy atom. The smallest absolute Gasteiger partial charge is 0.434 e. The van der Waals surface area contributed by atoms with Crippen molar-refractivity contribution in [3.8, 4) is 0 Å². The summed E-state index contributed by atoms with van der Waals surface area (Å²) in [7, 11) is 1.66. The fraction of sp³-hybridized carbons (Fsp3) is 0.913. The molecule has 1 atom stereocenters. The number of unbranched alkanes of at least 4 members (excludes halogenated alkanes) is 8. The van der Waals surface area contributed by atoms with Crippen molar-refractivity contribution in [2.24, 2.45) is 0 Å². The molecule has 0 aromatic rings. The first kappa shape index (κ1) is 28.8. The lowest BCUT2D eigenvalue weighted by Gasteiger charge is -2.18. The highest BCUT2D eigenvalue weighted by molar-refractivity contribution is 5.81. The predicted molar refractivity (Wildman–Crippen MR) is 116 cm³/mol. The van der Waals surface area contributed by atoms with Gasteiger partial charge in [-0.15, -0.1) is 0 Å². The normalized spacial score (nSPS) is 12.0. The summed E-state index contributed by atoms with van der Waals surface area (Å²) in [6, 6.07) is 0. The Morgan fingerprint density at radius 2 is 1.43 bits per heavy atom. The molecule has 0 heterocycles. The van der Waals surface area contributed by atoms with Crippen LogP contribution in [-0.2, 0) is 28.5 Å². The lowest BCUT2D eigenvalue weighted by Crippen LogP contribution is -2.16. The first-order chi connectivity index (χ1) is 14.6. The molecule has 7 nitrogen and oxygen atoms in total. The van der Waals surface area contributed by atoms with Crippen LogP contribution in [0, 0.1) is 0 Å². The van der Waals surface area contributed by atoms with Gasteiger partial charge in [0.1, 0.15) is 6.79 Å². The monoisotopic (exact) mass is 432 g/mol. The number of carbonyl (C=O) groups excluding carboxylic acids is 2. The summed E-state index contributed by atoms with van der Waals surface area (Å²) in [5, 5.41) is 0. The van der Waals surface area contributed by atoms with Crippen LogP contribution in [0.2, 0.25) is 0 Å². The van der Waals surface area contributed by atoms with Crippen molar-refractivity contribution < 1.29 is 33.3 Å². The van der Waals surface area contributed by atoms with Crippen molar-refractivity contribution in [2.45, 2.75) is 103 Å². The third kappa shape index (κ3) is 20.1. The van der Waals surface area contributed by atoms with Gasteiger partial charge in [-0.1, -0.05) is 64.7 Å². The van der Waals surface area contributed by atoms with Crippen molar-refractivity contribution >= 4 is 12.1 Å². The molecule has 7 heteroatoms. The molecular weight excluding hydrogens is 388 g/mol. The summed E-state index contributed by atoms with van der Waals surface area (Å²) in [5.74, 6) is -0.510. The maximum absolute atomic E-state index is 11.5. The topological polar surface area (TPSA) is 80.3 Å². The number of ether oxygens (including phenoxy) is 5. The standard InChI is InChI=1S/C23H44O7/c1-4-6-7-12-15-21(29-20-27-19-18-26-3)16-13-10-8-9-11-14-17-22(24)30-23(25)28-5-2/h21H,4-20H2,1-3H3. The Labute approximate surface area is 183 Å². The fourth-order valence-electron chi connectivity index (χ4n) is 3.10. The largest absolute Gasteiger partial charge is 0.516 e. The lowest BCUT2D eigenvalue weighted by molar-refractivity contribution is -0.139. The van der Waals surface area contributed by atoms with Gasteiger partial charge in [-0.2, -0.15) is 0 Å². The van der Waals surface area contributed by atoms with E-state index in [1.54, 1.807) is 14.0 Å². The summed E-state index contributed by atoms with van der Waals surface area (Å²) in [6.45, 7) is 5.59. The van der Waals surface area contributed by atoms with Gasteiger partial charge in [0.15, 0.2) is 0 Å². The molecule has 30 heavy (non-hydrogen) atoms.